The first-order valence-corrected chi connectivity index (χ1v) is 14.7. The van der Waals surface area contributed by atoms with Crippen molar-refractivity contribution in [2.24, 2.45) is 0 Å². The first-order valence-electron chi connectivity index (χ1n) is 12.9. The highest BCUT2D eigenvalue weighted by atomic mass is 32.2. The number of ether oxygens (including phenoxy) is 1. The first kappa shape index (κ1) is 27.7. The molecular weight excluding hydrogens is 550 g/mol. The van der Waals surface area contributed by atoms with Gasteiger partial charge in [-0.05, 0) is 74.9 Å². The van der Waals surface area contributed by atoms with E-state index in [2.05, 4.69) is 20.8 Å². The van der Waals surface area contributed by atoms with Crippen LogP contribution in [0.15, 0.2) is 46.2 Å². The minimum absolute atomic E-state index is 0.0482. The number of esters is 1. The number of rotatable bonds is 10. The van der Waals surface area contributed by atoms with Gasteiger partial charge in [0, 0.05) is 4.88 Å². The highest BCUT2D eigenvalue weighted by Gasteiger charge is 2.28. The summed E-state index contributed by atoms with van der Waals surface area (Å²) in [5.74, 6) is -0.276. The van der Waals surface area contributed by atoms with Gasteiger partial charge >= 0.3 is 5.97 Å². The summed E-state index contributed by atoms with van der Waals surface area (Å²) in [6, 6.07) is 9.26. The van der Waals surface area contributed by atoms with Gasteiger partial charge in [-0.25, -0.2) is 4.79 Å². The zero-order valence-corrected chi connectivity index (χ0v) is 24.0. The minimum Gasteiger partial charge on any atom is -0.462 e. The Morgan fingerprint density at radius 1 is 1.18 bits per heavy atom. The molecule has 12 heteroatoms. The Labute approximate surface area is 239 Å². The van der Waals surface area contributed by atoms with E-state index < -0.39 is 5.97 Å². The Morgan fingerprint density at radius 2 is 2.02 bits per heavy atom. The standard InChI is InChI=1S/C28H29N5O5S2/c1-4-37-27(36)24-18-7-5-9-21(18)40-26(24)30-23(34)15-39-28-32-31-22(14-29-25(35)20-8-6-12-38-20)33(28)19-13-16(2)10-11-17(19)3/h6,8,10-13H,4-5,7,9,14-15H2,1-3H3,(H,29,35)(H,30,34). The van der Waals surface area contributed by atoms with Gasteiger partial charge in [-0.2, -0.15) is 0 Å². The number of aromatic nitrogens is 3. The van der Waals surface area contributed by atoms with Crippen LogP contribution in [0.5, 0.6) is 0 Å². The second-order valence-electron chi connectivity index (χ2n) is 9.30. The number of carbonyl (C=O) groups excluding carboxylic acids is 3. The van der Waals surface area contributed by atoms with E-state index in [1.807, 2.05) is 36.6 Å². The third-order valence-corrected chi connectivity index (χ3v) is 8.58. The Balaban J connectivity index is 1.35. The number of thiophene rings is 1. The molecule has 3 aromatic heterocycles. The lowest BCUT2D eigenvalue weighted by Crippen LogP contribution is -2.24. The lowest BCUT2D eigenvalue weighted by atomic mass is 10.1. The van der Waals surface area contributed by atoms with E-state index in [4.69, 9.17) is 9.15 Å². The number of anilines is 1. The summed E-state index contributed by atoms with van der Waals surface area (Å²) in [5, 5.41) is 15.4. The molecule has 0 aliphatic heterocycles. The van der Waals surface area contributed by atoms with Crippen LogP contribution >= 0.6 is 23.1 Å². The fourth-order valence-corrected chi connectivity index (χ4v) is 6.63. The SMILES string of the molecule is CCOC(=O)c1c(NC(=O)CSc2nnc(CNC(=O)c3ccco3)n2-c2cc(C)ccc2C)sc2c1CCC2. The lowest BCUT2D eigenvalue weighted by Gasteiger charge is -2.14. The average Bonchev–Trinajstić information content (AvgIpc) is 3.72. The van der Waals surface area contributed by atoms with Crippen LogP contribution in [0.4, 0.5) is 5.00 Å². The summed E-state index contributed by atoms with van der Waals surface area (Å²) >= 11 is 2.67. The molecule has 5 rings (SSSR count). The van der Waals surface area contributed by atoms with Crippen molar-refractivity contribution >= 4 is 45.9 Å². The summed E-state index contributed by atoms with van der Waals surface area (Å²) in [5.41, 5.74) is 4.36. The van der Waals surface area contributed by atoms with Gasteiger partial charge in [-0.3, -0.25) is 14.2 Å². The zero-order valence-electron chi connectivity index (χ0n) is 22.4. The maximum atomic E-state index is 13.1. The molecule has 0 fully saturated rings. The number of aryl methyl sites for hydroxylation is 3. The van der Waals surface area contributed by atoms with E-state index >= 15 is 0 Å². The normalized spacial score (nSPS) is 12.3. The van der Waals surface area contributed by atoms with Gasteiger partial charge in [0.15, 0.2) is 16.7 Å². The van der Waals surface area contributed by atoms with Crippen LogP contribution in [0.25, 0.3) is 5.69 Å². The molecule has 4 aromatic rings. The van der Waals surface area contributed by atoms with Crippen molar-refractivity contribution in [2.45, 2.75) is 51.7 Å². The zero-order chi connectivity index (χ0) is 28.2. The van der Waals surface area contributed by atoms with Crippen LogP contribution < -0.4 is 10.6 Å². The van der Waals surface area contributed by atoms with Gasteiger partial charge in [0.2, 0.25) is 5.91 Å². The molecule has 3 heterocycles. The number of furan rings is 1. The van der Waals surface area contributed by atoms with Gasteiger partial charge in [-0.1, -0.05) is 23.9 Å². The maximum Gasteiger partial charge on any atom is 0.341 e. The van der Waals surface area contributed by atoms with Crippen molar-refractivity contribution in [1.82, 2.24) is 20.1 Å². The number of carbonyl (C=O) groups is 3. The summed E-state index contributed by atoms with van der Waals surface area (Å²) in [6.07, 6.45) is 4.14. The molecular formula is C28H29N5O5S2. The first-order chi connectivity index (χ1) is 19.4. The molecule has 40 heavy (non-hydrogen) atoms. The quantitative estimate of drug-likeness (QED) is 0.201. The molecule has 0 saturated heterocycles. The predicted molar refractivity (Wildman–Crippen MR) is 152 cm³/mol. The smallest absolute Gasteiger partial charge is 0.341 e. The van der Waals surface area contributed by atoms with E-state index in [0.29, 0.717) is 21.5 Å². The Kier molecular flexibility index (Phi) is 8.36. The molecule has 0 spiro atoms. The summed E-state index contributed by atoms with van der Waals surface area (Å²) < 4.78 is 12.3. The molecule has 0 saturated carbocycles. The van der Waals surface area contributed by atoms with Crippen LogP contribution in [0, 0.1) is 13.8 Å². The van der Waals surface area contributed by atoms with Crippen molar-refractivity contribution in [3.05, 3.63) is 75.3 Å². The van der Waals surface area contributed by atoms with Gasteiger partial charge < -0.3 is 19.8 Å². The Morgan fingerprint density at radius 3 is 2.80 bits per heavy atom. The Hall–Kier alpha value is -3.90. The molecule has 208 valence electrons. The van der Waals surface area contributed by atoms with Crippen molar-refractivity contribution in [1.29, 1.82) is 0 Å². The maximum absolute atomic E-state index is 13.1. The second kappa shape index (κ2) is 12.1. The van der Waals surface area contributed by atoms with Crippen LogP contribution in [0.1, 0.15) is 61.6 Å². The molecule has 2 amide bonds. The van der Waals surface area contributed by atoms with E-state index in [9.17, 15) is 14.4 Å². The summed E-state index contributed by atoms with van der Waals surface area (Å²) in [4.78, 5) is 39.3. The van der Waals surface area contributed by atoms with E-state index in [1.54, 1.807) is 19.1 Å². The molecule has 0 bridgehead atoms. The number of nitrogens with zero attached hydrogens (tertiary/aromatic N) is 3. The number of amides is 2. The molecule has 0 radical (unpaired) electrons. The number of hydrogen-bond donors (Lipinski definition) is 2. The van der Waals surface area contributed by atoms with Crippen molar-refractivity contribution in [3.63, 3.8) is 0 Å². The molecule has 10 nitrogen and oxygen atoms in total. The van der Waals surface area contributed by atoms with Gasteiger partial charge in [0.05, 0.1) is 36.4 Å². The molecule has 1 aromatic carbocycles. The van der Waals surface area contributed by atoms with Gasteiger partial charge in [-0.15, -0.1) is 21.5 Å². The second-order valence-corrected chi connectivity index (χ2v) is 11.4. The number of benzene rings is 1. The van der Waals surface area contributed by atoms with E-state index in [1.165, 1.54) is 29.4 Å². The molecule has 1 aliphatic rings. The van der Waals surface area contributed by atoms with Crippen LogP contribution in [-0.4, -0.2) is 44.9 Å². The molecule has 2 N–H and O–H groups in total. The van der Waals surface area contributed by atoms with Crippen LogP contribution in [0.3, 0.4) is 0 Å². The Bertz CT molecular complexity index is 1560. The van der Waals surface area contributed by atoms with Crippen LogP contribution in [-0.2, 0) is 28.9 Å². The van der Waals surface area contributed by atoms with Gasteiger partial charge in [0.1, 0.15) is 5.00 Å². The third-order valence-electron chi connectivity index (χ3n) is 6.44. The molecule has 0 atom stereocenters. The number of hydrogen-bond acceptors (Lipinski definition) is 9. The van der Waals surface area contributed by atoms with Crippen molar-refractivity contribution < 1.29 is 23.5 Å². The average molecular weight is 580 g/mol. The minimum atomic E-state index is -0.402. The number of thioether (sulfide) groups is 1. The van der Waals surface area contributed by atoms with Crippen LogP contribution in [0.2, 0.25) is 0 Å². The van der Waals surface area contributed by atoms with E-state index in [-0.39, 0.29) is 36.5 Å². The van der Waals surface area contributed by atoms with Crippen molar-refractivity contribution in [3.8, 4) is 5.69 Å². The largest absolute Gasteiger partial charge is 0.462 e. The predicted octanol–water partition coefficient (Wildman–Crippen LogP) is 4.86. The summed E-state index contributed by atoms with van der Waals surface area (Å²) in [6.45, 7) is 6.11. The number of fused-ring (bicyclic) bond motifs is 1. The fourth-order valence-electron chi connectivity index (χ4n) is 4.57. The van der Waals surface area contributed by atoms with Gasteiger partial charge in [0.25, 0.3) is 5.91 Å². The lowest BCUT2D eigenvalue weighted by molar-refractivity contribution is -0.113. The van der Waals surface area contributed by atoms with Crippen molar-refractivity contribution in [2.75, 3.05) is 17.7 Å². The topological polar surface area (TPSA) is 128 Å². The van der Waals surface area contributed by atoms with E-state index in [0.717, 1.165) is 46.5 Å². The molecule has 0 unspecified atom stereocenters. The third kappa shape index (κ3) is 5.82. The highest BCUT2D eigenvalue weighted by molar-refractivity contribution is 7.99. The molecule has 1 aliphatic carbocycles. The summed E-state index contributed by atoms with van der Waals surface area (Å²) in [7, 11) is 0. The fraction of sp³-hybridized carbons (Fsp3) is 0.321. The monoisotopic (exact) mass is 579 g/mol. The number of nitrogens with one attached hydrogen (secondary N) is 2. The highest BCUT2D eigenvalue weighted by Crippen LogP contribution is 2.39.